The van der Waals surface area contributed by atoms with Crippen molar-refractivity contribution in [2.45, 2.75) is 78.1 Å². The Labute approximate surface area is 201 Å². The number of carbonyl (C=O) groups is 1. The van der Waals surface area contributed by atoms with E-state index in [2.05, 4.69) is 0 Å². The highest BCUT2D eigenvalue weighted by atomic mass is 19.4. The van der Waals surface area contributed by atoms with Crippen LogP contribution in [-0.2, 0) is 24.2 Å². The molecule has 0 unspecified atom stereocenters. The van der Waals surface area contributed by atoms with E-state index in [0.29, 0.717) is 46.9 Å². The summed E-state index contributed by atoms with van der Waals surface area (Å²) in [7, 11) is 0. The van der Waals surface area contributed by atoms with Gasteiger partial charge in [0.2, 0.25) is 6.10 Å². The van der Waals surface area contributed by atoms with E-state index in [1.807, 2.05) is 39.8 Å². The van der Waals surface area contributed by atoms with Gasteiger partial charge in [0, 0.05) is 11.1 Å². The Kier molecular flexibility index (Phi) is 7.97. The van der Waals surface area contributed by atoms with Crippen molar-refractivity contribution in [2.24, 2.45) is 0 Å². The van der Waals surface area contributed by atoms with E-state index in [4.69, 9.17) is 9.15 Å². The molecule has 2 aromatic carbocycles. The average molecular weight is 494 g/mol. The van der Waals surface area contributed by atoms with Crippen LogP contribution in [0.15, 0.2) is 39.5 Å². The number of aliphatic carboxylic acids is 1. The van der Waals surface area contributed by atoms with Crippen molar-refractivity contribution >= 4 is 17.1 Å². The number of hydrogen-bond donors (Lipinski definition) is 1. The number of rotatable bonds is 10. The predicted octanol–water partition coefficient (Wildman–Crippen LogP) is 6.39. The zero-order valence-electron chi connectivity index (χ0n) is 20.2. The number of aromatic nitrogens is 1. The van der Waals surface area contributed by atoms with E-state index in [1.54, 1.807) is 12.1 Å². The van der Waals surface area contributed by atoms with Crippen LogP contribution < -0.4 is 10.5 Å². The van der Waals surface area contributed by atoms with E-state index in [0.717, 1.165) is 5.56 Å². The second kappa shape index (κ2) is 10.6. The van der Waals surface area contributed by atoms with Crippen LogP contribution >= 0.6 is 0 Å². The molecule has 1 N–H and O–H groups in total. The van der Waals surface area contributed by atoms with Crippen molar-refractivity contribution in [3.8, 4) is 5.75 Å². The van der Waals surface area contributed by atoms with Gasteiger partial charge in [0.05, 0.1) is 5.52 Å². The third kappa shape index (κ3) is 5.89. The van der Waals surface area contributed by atoms with Crippen molar-refractivity contribution < 1.29 is 32.2 Å². The SMILES string of the molecule is CCCc1cc2c(oc(=O)n2CC(F)(F)F)c(CCC)c1O[C@H](C(=O)O)c1ccc(C(C)C)cc1. The number of alkyl halides is 3. The summed E-state index contributed by atoms with van der Waals surface area (Å²) in [6, 6.07) is 8.54. The number of aryl methyl sites for hydroxylation is 2. The molecule has 1 atom stereocenters. The second-order valence-corrected chi connectivity index (χ2v) is 8.92. The lowest BCUT2D eigenvalue weighted by Crippen LogP contribution is -2.25. The molecule has 0 bridgehead atoms. The van der Waals surface area contributed by atoms with E-state index < -0.39 is 30.6 Å². The molecular weight excluding hydrogens is 463 g/mol. The number of carboxylic acids is 1. The van der Waals surface area contributed by atoms with Gasteiger partial charge in [-0.3, -0.25) is 4.57 Å². The van der Waals surface area contributed by atoms with Gasteiger partial charge in [-0.05, 0) is 36.0 Å². The van der Waals surface area contributed by atoms with E-state index in [9.17, 15) is 27.9 Å². The van der Waals surface area contributed by atoms with Gasteiger partial charge in [-0.2, -0.15) is 13.2 Å². The molecule has 190 valence electrons. The number of ether oxygens (including phenoxy) is 1. The first-order valence-electron chi connectivity index (χ1n) is 11.7. The van der Waals surface area contributed by atoms with Crippen molar-refractivity contribution in [1.82, 2.24) is 4.57 Å². The summed E-state index contributed by atoms with van der Waals surface area (Å²) in [5, 5.41) is 9.97. The molecule has 0 spiro atoms. The minimum atomic E-state index is -4.61. The Morgan fingerprint density at radius 2 is 1.69 bits per heavy atom. The average Bonchev–Trinajstić information content (AvgIpc) is 3.07. The van der Waals surface area contributed by atoms with Crippen LogP contribution in [0.5, 0.6) is 5.75 Å². The number of nitrogens with zero attached hydrogens (tertiary/aromatic N) is 1. The van der Waals surface area contributed by atoms with E-state index >= 15 is 0 Å². The van der Waals surface area contributed by atoms with Crippen LogP contribution in [-0.4, -0.2) is 21.8 Å². The first-order valence-corrected chi connectivity index (χ1v) is 11.7. The number of hydrogen-bond acceptors (Lipinski definition) is 4. The topological polar surface area (TPSA) is 81.7 Å². The molecule has 35 heavy (non-hydrogen) atoms. The molecule has 9 heteroatoms. The zero-order chi connectivity index (χ0) is 25.9. The Balaban J connectivity index is 2.19. The normalized spacial score (nSPS) is 12.9. The molecule has 3 rings (SSSR count). The van der Waals surface area contributed by atoms with E-state index in [1.165, 1.54) is 6.07 Å². The third-order valence-corrected chi connectivity index (χ3v) is 5.81. The molecule has 0 saturated heterocycles. The number of halogens is 3. The molecule has 0 fully saturated rings. The Morgan fingerprint density at radius 3 is 2.20 bits per heavy atom. The van der Waals surface area contributed by atoms with Crippen LogP contribution in [0.25, 0.3) is 11.1 Å². The molecule has 1 heterocycles. The third-order valence-electron chi connectivity index (χ3n) is 5.81. The van der Waals surface area contributed by atoms with E-state index in [-0.39, 0.29) is 22.8 Å². The van der Waals surface area contributed by atoms with Gasteiger partial charge in [0.15, 0.2) is 5.58 Å². The van der Waals surface area contributed by atoms with Crippen LogP contribution in [0, 0.1) is 0 Å². The maximum absolute atomic E-state index is 13.1. The summed E-state index contributed by atoms with van der Waals surface area (Å²) in [4.78, 5) is 24.6. The van der Waals surface area contributed by atoms with Gasteiger partial charge >= 0.3 is 17.9 Å². The van der Waals surface area contributed by atoms with Gasteiger partial charge in [-0.25, -0.2) is 9.59 Å². The molecular formula is C26H30F3NO5. The van der Waals surface area contributed by atoms with Gasteiger partial charge in [0.25, 0.3) is 0 Å². The smallest absolute Gasteiger partial charge is 0.420 e. The number of oxazole rings is 1. The van der Waals surface area contributed by atoms with Crippen LogP contribution in [0.1, 0.15) is 74.8 Å². The molecule has 6 nitrogen and oxygen atoms in total. The molecule has 0 amide bonds. The maximum atomic E-state index is 13.1. The first-order chi connectivity index (χ1) is 16.5. The summed E-state index contributed by atoms with van der Waals surface area (Å²) in [5.41, 5.74) is 2.44. The summed E-state index contributed by atoms with van der Waals surface area (Å²) in [5.74, 6) is -1.81. The highest BCUT2D eigenvalue weighted by Crippen LogP contribution is 2.37. The van der Waals surface area contributed by atoms with Crippen molar-refractivity contribution in [3.63, 3.8) is 0 Å². The Bertz CT molecular complexity index is 1240. The molecule has 0 aliphatic heterocycles. The molecule has 0 aliphatic rings. The van der Waals surface area contributed by atoms with Gasteiger partial charge in [-0.1, -0.05) is 64.8 Å². The van der Waals surface area contributed by atoms with Crippen molar-refractivity contribution in [2.75, 3.05) is 0 Å². The standard InChI is InChI=1S/C26H30F3NO5/c1-5-7-18-13-20-23(35-25(33)30(20)14-26(27,28)29)19(8-6-2)21(18)34-22(24(31)32)17-11-9-16(10-12-17)15(3)4/h9-13,15,22H,5-8,14H2,1-4H3,(H,31,32)/t22-/m0/s1. The summed E-state index contributed by atoms with van der Waals surface area (Å²) >= 11 is 0. The zero-order valence-corrected chi connectivity index (χ0v) is 20.2. The molecule has 0 radical (unpaired) electrons. The fraction of sp³-hybridized carbons (Fsp3) is 0.462. The summed E-state index contributed by atoms with van der Waals surface area (Å²) < 4.78 is 51.3. The second-order valence-electron chi connectivity index (χ2n) is 8.92. The van der Waals surface area contributed by atoms with Gasteiger partial charge in [-0.15, -0.1) is 0 Å². The Morgan fingerprint density at radius 1 is 1.09 bits per heavy atom. The van der Waals surface area contributed by atoms with Crippen molar-refractivity contribution in [1.29, 1.82) is 0 Å². The largest absolute Gasteiger partial charge is 0.478 e. The van der Waals surface area contributed by atoms with Crippen LogP contribution in [0.3, 0.4) is 0 Å². The monoisotopic (exact) mass is 493 g/mol. The molecule has 0 saturated carbocycles. The van der Waals surface area contributed by atoms with Crippen molar-refractivity contribution in [3.05, 3.63) is 63.1 Å². The first kappa shape index (κ1) is 26.4. The lowest BCUT2D eigenvalue weighted by atomic mass is 9.98. The molecule has 3 aromatic rings. The number of benzene rings is 2. The minimum absolute atomic E-state index is 0.00440. The van der Waals surface area contributed by atoms with Gasteiger partial charge < -0.3 is 14.3 Å². The minimum Gasteiger partial charge on any atom is -0.478 e. The maximum Gasteiger partial charge on any atom is 0.420 e. The highest BCUT2D eigenvalue weighted by Gasteiger charge is 2.32. The van der Waals surface area contributed by atoms with Crippen LogP contribution in [0.4, 0.5) is 13.2 Å². The number of fused-ring (bicyclic) bond motifs is 1. The highest BCUT2D eigenvalue weighted by molar-refractivity contribution is 5.82. The number of carboxylic acid groups (broad SMARTS) is 1. The lowest BCUT2D eigenvalue weighted by Gasteiger charge is -2.22. The summed E-state index contributed by atoms with van der Waals surface area (Å²) in [6.07, 6.45) is -3.98. The van der Waals surface area contributed by atoms with Gasteiger partial charge in [0.1, 0.15) is 12.3 Å². The lowest BCUT2D eigenvalue weighted by molar-refractivity contribution is -0.145. The molecule has 1 aromatic heterocycles. The Hall–Kier alpha value is -3.23. The summed E-state index contributed by atoms with van der Waals surface area (Å²) in [6.45, 7) is 6.34. The molecule has 0 aliphatic carbocycles. The fourth-order valence-electron chi connectivity index (χ4n) is 4.15. The fourth-order valence-corrected chi connectivity index (χ4v) is 4.15. The van der Waals surface area contributed by atoms with Crippen LogP contribution in [0.2, 0.25) is 0 Å². The predicted molar refractivity (Wildman–Crippen MR) is 126 cm³/mol. The quantitative estimate of drug-likeness (QED) is 0.354.